The number of aromatic amines is 1. The molecule has 0 bridgehead atoms. The lowest BCUT2D eigenvalue weighted by Crippen LogP contribution is -2.07. The molecule has 0 radical (unpaired) electrons. The Hall–Kier alpha value is -1.53. The lowest BCUT2D eigenvalue weighted by molar-refractivity contribution is 0.296. The first-order valence-corrected chi connectivity index (χ1v) is 6.21. The average molecular weight is 251 g/mol. The van der Waals surface area contributed by atoms with E-state index in [4.69, 9.17) is 10.8 Å². The standard InChI is InChI=1S/C11H13N3O2S/c12-8-4-7-9(13-6-14-11(7)16)5-10(8)17-3-1-2-15/h4-6,15H,1-3,12H2,(H,13,14,16). The first kappa shape index (κ1) is 11.9. The molecule has 4 N–H and O–H groups in total. The summed E-state index contributed by atoms with van der Waals surface area (Å²) in [5.41, 5.74) is 6.89. The molecule has 1 aromatic heterocycles. The van der Waals surface area contributed by atoms with E-state index in [9.17, 15) is 4.79 Å². The van der Waals surface area contributed by atoms with Crippen LogP contribution in [-0.4, -0.2) is 27.4 Å². The normalized spacial score (nSPS) is 10.9. The van der Waals surface area contributed by atoms with Crippen LogP contribution < -0.4 is 11.3 Å². The average Bonchev–Trinajstić information content (AvgIpc) is 2.31. The molecule has 0 unspecified atom stereocenters. The van der Waals surface area contributed by atoms with Gasteiger partial charge in [-0.1, -0.05) is 0 Å². The second-order valence-electron chi connectivity index (χ2n) is 3.56. The molecule has 0 aliphatic carbocycles. The number of nitrogens with zero attached hydrogens (tertiary/aromatic N) is 1. The first-order valence-electron chi connectivity index (χ1n) is 5.23. The molecular weight excluding hydrogens is 238 g/mol. The number of hydrogen-bond donors (Lipinski definition) is 3. The van der Waals surface area contributed by atoms with Crippen molar-refractivity contribution in [3.05, 3.63) is 28.8 Å². The Balaban J connectivity index is 2.38. The van der Waals surface area contributed by atoms with Crippen LogP contribution in [0, 0.1) is 0 Å². The van der Waals surface area contributed by atoms with Gasteiger partial charge in [-0.25, -0.2) is 4.98 Å². The number of fused-ring (bicyclic) bond motifs is 1. The maximum atomic E-state index is 11.5. The van der Waals surface area contributed by atoms with E-state index in [1.54, 1.807) is 17.8 Å². The van der Waals surface area contributed by atoms with Crippen LogP contribution in [-0.2, 0) is 0 Å². The van der Waals surface area contributed by atoms with E-state index in [1.807, 2.05) is 6.07 Å². The Morgan fingerprint density at radius 3 is 3.06 bits per heavy atom. The van der Waals surface area contributed by atoms with E-state index in [1.165, 1.54) is 6.33 Å². The summed E-state index contributed by atoms with van der Waals surface area (Å²) < 4.78 is 0. The van der Waals surface area contributed by atoms with Crippen LogP contribution in [0.1, 0.15) is 6.42 Å². The van der Waals surface area contributed by atoms with Gasteiger partial charge in [-0.05, 0) is 18.6 Å². The van der Waals surface area contributed by atoms with Gasteiger partial charge in [0.15, 0.2) is 0 Å². The number of rotatable bonds is 4. The minimum Gasteiger partial charge on any atom is -0.398 e. The number of nitrogens with two attached hydrogens (primary N) is 1. The Kier molecular flexibility index (Phi) is 3.65. The maximum absolute atomic E-state index is 11.5. The van der Waals surface area contributed by atoms with Crippen molar-refractivity contribution in [3.8, 4) is 0 Å². The fourth-order valence-electron chi connectivity index (χ4n) is 1.48. The van der Waals surface area contributed by atoms with Gasteiger partial charge in [-0.15, -0.1) is 11.8 Å². The molecule has 2 aromatic rings. The molecule has 1 heterocycles. The number of aliphatic hydroxyl groups excluding tert-OH is 1. The van der Waals surface area contributed by atoms with Gasteiger partial charge in [-0.3, -0.25) is 4.79 Å². The summed E-state index contributed by atoms with van der Waals surface area (Å²) in [5, 5.41) is 9.22. The molecule has 0 amide bonds. The second kappa shape index (κ2) is 5.20. The van der Waals surface area contributed by atoms with Gasteiger partial charge < -0.3 is 15.8 Å². The predicted octanol–water partition coefficient (Wildman–Crippen LogP) is 0.980. The molecule has 0 aliphatic rings. The van der Waals surface area contributed by atoms with Crippen molar-refractivity contribution in [1.82, 2.24) is 9.97 Å². The van der Waals surface area contributed by atoms with Gasteiger partial charge in [-0.2, -0.15) is 0 Å². The number of nitrogen functional groups attached to an aromatic ring is 1. The quantitative estimate of drug-likeness (QED) is 0.428. The van der Waals surface area contributed by atoms with Crippen LogP contribution in [0.3, 0.4) is 0 Å². The van der Waals surface area contributed by atoms with E-state index in [0.29, 0.717) is 23.0 Å². The molecule has 0 atom stereocenters. The summed E-state index contributed by atoms with van der Waals surface area (Å²) in [7, 11) is 0. The molecule has 0 fully saturated rings. The summed E-state index contributed by atoms with van der Waals surface area (Å²) in [6.07, 6.45) is 2.09. The van der Waals surface area contributed by atoms with Crippen molar-refractivity contribution in [3.63, 3.8) is 0 Å². The van der Waals surface area contributed by atoms with Crippen LogP contribution in [0.2, 0.25) is 0 Å². The summed E-state index contributed by atoms with van der Waals surface area (Å²) >= 11 is 1.56. The maximum Gasteiger partial charge on any atom is 0.258 e. The third-order valence-corrected chi connectivity index (χ3v) is 3.49. The summed E-state index contributed by atoms with van der Waals surface area (Å²) in [6.45, 7) is 0.165. The van der Waals surface area contributed by atoms with Crippen molar-refractivity contribution >= 4 is 28.4 Å². The molecule has 6 heteroatoms. The van der Waals surface area contributed by atoms with Gasteiger partial charge in [0.1, 0.15) is 0 Å². The van der Waals surface area contributed by atoms with Gasteiger partial charge in [0.25, 0.3) is 5.56 Å². The van der Waals surface area contributed by atoms with E-state index < -0.39 is 0 Å². The zero-order valence-electron chi connectivity index (χ0n) is 9.14. The molecule has 0 saturated heterocycles. The Labute approximate surface area is 102 Å². The molecular formula is C11H13N3O2S. The number of aliphatic hydroxyl groups is 1. The van der Waals surface area contributed by atoms with Crippen molar-refractivity contribution in [2.75, 3.05) is 18.1 Å². The first-order chi connectivity index (χ1) is 8.22. The highest BCUT2D eigenvalue weighted by Gasteiger charge is 2.06. The number of anilines is 1. The Morgan fingerprint density at radius 1 is 1.47 bits per heavy atom. The highest BCUT2D eigenvalue weighted by molar-refractivity contribution is 7.99. The lowest BCUT2D eigenvalue weighted by atomic mass is 10.2. The molecule has 0 aliphatic heterocycles. The van der Waals surface area contributed by atoms with Gasteiger partial charge >= 0.3 is 0 Å². The number of H-pyrrole nitrogens is 1. The number of benzene rings is 1. The van der Waals surface area contributed by atoms with Gasteiger partial charge in [0.2, 0.25) is 0 Å². The third kappa shape index (κ3) is 2.59. The number of hydrogen-bond acceptors (Lipinski definition) is 5. The molecule has 0 spiro atoms. The van der Waals surface area contributed by atoms with Crippen LogP contribution in [0.15, 0.2) is 28.2 Å². The fraction of sp³-hybridized carbons (Fsp3) is 0.273. The molecule has 5 nitrogen and oxygen atoms in total. The monoisotopic (exact) mass is 251 g/mol. The highest BCUT2D eigenvalue weighted by Crippen LogP contribution is 2.28. The van der Waals surface area contributed by atoms with Gasteiger partial charge in [0.05, 0.1) is 17.2 Å². The van der Waals surface area contributed by atoms with E-state index in [0.717, 1.165) is 10.6 Å². The highest BCUT2D eigenvalue weighted by atomic mass is 32.2. The van der Waals surface area contributed by atoms with Crippen LogP contribution in [0.4, 0.5) is 5.69 Å². The minimum atomic E-state index is -0.186. The summed E-state index contributed by atoms with van der Waals surface area (Å²) in [4.78, 5) is 19.0. The smallest absolute Gasteiger partial charge is 0.258 e. The largest absolute Gasteiger partial charge is 0.398 e. The van der Waals surface area contributed by atoms with E-state index in [2.05, 4.69) is 9.97 Å². The number of thioether (sulfide) groups is 1. The van der Waals surface area contributed by atoms with Crippen molar-refractivity contribution in [2.24, 2.45) is 0 Å². The molecule has 2 rings (SSSR count). The van der Waals surface area contributed by atoms with E-state index in [-0.39, 0.29) is 12.2 Å². The third-order valence-electron chi connectivity index (χ3n) is 2.33. The Morgan fingerprint density at radius 2 is 2.29 bits per heavy atom. The minimum absolute atomic E-state index is 0.165. The van der Waals surface area contributed by atoms with Crippen LogP contribution in [0.25, 0.3) is 10.9 Å². The Bertz CT molecular complexity index is 582. The molecule has 0 saturated carbocycles. The summed E-state index contributed by atoms with van der Waals surface area (Å²) in [6, 6.07) is 3.45. The topological polar surface area (TPSA) is 92.0 Å². The van der Waals surface area contributed by atoms with Crippen molar-refractivity contribution in [1.29, 1.82) is 0 Å². The van der Waals surface area contributed by atoms with Crippen molar-refractivity contribution in [2.45, 2.75) is 11.3 Å². The van der Waals surface area contributed by atoms with Crippen LogP contribution in [0.5, 0.6) is 0 Å². The second-order valence-corrected chi connectivity index (χ2v) is 4.70. The summed E-state index contributed by atoms with van der Waals surface area (Å²) in [5.74, 6) is 0.787. The lowest BCUT2D eigenvalue weighted by Gasteiger charge is -2.06. The van der Waals surface area contributed by atoms with Crippen molar-refractivity contribution < 1.29 is 5.11 Å². The molecule has 1 aromatic carbocycles. The number of nitrogens with one attached hydrogen (secondary N) is 1. The fourth-order valence-corrected chi connectivity index (χ4v) is 2.40. The number of aromatic nitrogens is 2. The molecule has 90 valence electrons. The molecule has 17 heavy (non-hydrogen) atoms. The van der Waals surface area contributed by atoms with Crippen LogP contribution >= 0.6 is 11.8 Å². The predicted molar refractivity (Wildman–Crippen MR) is 69.2 cm³/mol. The van der Waals surface area contributed by atoms with E-state index >= 15 is 0 Å². The SMILES string of the molecule is Nc1cc2c(=O)[nH]cnc2cc1SCCCO. The zero-order chi connectivity index (χ0) is 12.3. The van der Waals surface area contributed by atoms with Gasteiger partial charge in [0, 0.05) is 22.9 Å². The zero-order valence-corrected chi connectivity index (χ0v) is 9.96.